The second kappa shape index (κ2) is 36.3. The molecule has 0 saturated heterocycles. The molecule has 0 atom stereocenters. The van der Waals surface area contributed by atoms with Gasteiger partial charge in [0.2, 0.25) is 0 Å². The maximum Gasteiger partial charge on any atom is 2.00 e. The van der Waals surface area contributed by atoms with E-state index in [1.54, 1.807) is 0 Å². The van der Waals surface area contributed by atoms with Crippen molar-refractivity contribution in [2.75, 3.05) is 0 Å². The zero-order chi connectivity index (χ0) is 7.15. The van der Waals surface area contributed by atoms with Crippen LogP contribution in [0.3, 0.4) is 0 Å². The summed E-state index contributed by atoms with van der Waals surface area (Å²) in [5.74, 6) is 0. The van der Waals surface area contributed by atoms with E-state index in [9.17, 15) is 0 Å². The molecular formula is B2Be2CaFKO6. The summed E-state index contributed by atoms with van der Waals surface area (Å²) in [7, 11) is -5.83. The Hall–Kier alpha value is 3.05. The van der Waals surface area contributed by atoms with Gasteiger partial charge in [0.1, 0.15) is 0 Å². The number of rotatable bonds is 0. The Balaban J connectivity index is -0.00000000800. The van der Waals surface area contributed by atoms with Crippen LogP contribution in [0.25, 0.3) is 0 Å². The molecule has 0 unspecified atom stereocenters. The summed E-state index contributed by atoms with van der Waals surface area (Å²) in [6, 6.07) is 0. The Morgan fingerprint density at radius 1 is 0.615 bits per heavy atom. The Bertz CT molecular complexity index is 44.1. The van der Waals surface area contributed by atoms with Gasteiger partial charge in [-0.3, -0.25) is 14.6 Å². The molecule has 0 aromatic heterocycles. The fraction of sp³-hybridized carbons (Fsp3) is 0. The Morgan fingerprint density at radius 2 is 0.615 bits per heavy atom. The van der Waals surface area contributed by atoms with E-state index < -0.39 is 14.6 Å². The van der Waals surface area contributed by atoms with Crippen LogP contribution in [0, 0.1) is 0 Å². The number of hydrogen-bond acceptors (Lipinski definition) is 6. The van der Waals surface area contributed by atoms with Crippen molar-refractivity contribution in [3.8, 4) is 0 Å². The number of hydrogen-bond donors (Lipinski definition) is 0. The average Bonchev–Trinajstić information content (AvgIpc) is 1.25. The molecule has 0 aliphatic rings. The Labute approximate surface area is 156 Å². The Morgan fingerprint density at radius 3 is 0.615 bits per heavy atom. The van der Waals surface area contributed by atoms with Crippen molar-refractivity contribution in [1.29, 1.82) is 0 Å². The van der Waals surface area contributed by atoms with Crippen molar-refractivity contribution < 1.29 is 86.2 Å². The van der Waals surface area contributed by atoms with Gasteiger partial charge in [-0.1, -0.05) is 0 Å². The molecule has 0 fully saturated rings. The van der Waals surface area contributed by atoms with Crippen LogP contribution < -0.4 is 86.2 Å². The summed E-state index contributed by atoms with van der Waals surface area (Å²) in [4.78, 5) is 0. The van der Waals surface area contributed by atoms with Crippen LogP contribution in [-0.2, 0) is 0 Å². The summed E-state index contributed by atoms with van der Waals surface area (Å²) in [6.45, 7) is 0. The van der Waals surface area contributed by atoms with E-state index in [1.165, 1.54) is 0 Å². The third-order valence-electron chi connectivity index (χ3n) is 0. The first-order valence-electron chi connectivity index (χ1n) is 1.41. The third kappa shape index (κ3) is 275. The molecule has 0 rings (SSSR count). The van der Waals surface area contributed by atoms with Crippen LogP contribution >= 0.6 is 0 Å². The normalized spacial score (nSPS) is 4.15. The fourth-order valence-corrected chi connectivity index (χ4v) is 0. The van der Waals surface area contributed by atoms with Crippen molar-refractivity contribution in [3.05, 3.63) is 0 Å². The van der Waals surface area contributed by atoms with E-state index >= 15 is 0 Å². The molecule has 0 saturated carbocycles. The first-order valence-corrected chi connectivity index (χ1v) is 1.41. The molecule has 0 aliphatic carbocycles. The van der Waals surface area contributed by atoms with Gasteiger partial charge in [0.25, 0.3) is 0 Å². The minimum absolute atomic E-state index is 0. The minimum atomic E-state index is -2.92. The summed E-state index contributed by atoms with van der Waals surface area (Å²) in [6.07, 6.45) is 0. The smallest absolute Gasteiger partial charge is 1.00 e. The largest absolute Gasteiger partial charge is 2.00 e. The van der Waals surface area contributed by atoms with E-state index in [1.807, 2.05) is 0 Å². The molecule has 13 heteroatoms. The minimum Gasteiger partial charge on any atom is -1.00 e. The number of halogens is 1. The molecule has 0 bridgehead atoms. The molecule has 0 heterocycles. The molecule has 0 amide bonds. The molecule has 0 radical (unpaired) electrons. The van der Waals surface area contributed by atoms with Crippen LogP contribution in [0.1, 0.15) is 0 Å². The topological polar surface area (TPSA) is 138 Å². The van der Waals surface area contributed by atoms with Gasteiger partial charge in [-0.2, -0.15) is 0 Å². The van der Waals surface area contributed by atoms with Crippen LogP contribution in [0.5, 0.6) is 0 Å². The van der Waals surface area contributed by atoms with Gasteiger partial charge < -0.3 is 34.8 Å². The first-order chi connectivity index (χ1) is 3.46. The van der Waals surface area contributed by atoms with E-state index in [0.29, 0.717) is 0 Å². The maximum atomic E-state index is 8.42. The van der Waals surface area contributed by atoms with Gasteiger partial charge in [0, 0.05) is 0 Å². The van der Waals surface area contributed by atoms with Gasteiger partial charge >= 0.3 is 109 Å². The zero-order valence-corrected chi connectivity index (χ0v) is 12.4. The van der Waals surface area contributed by atoms with Gasteiger partial charge in [-0.15, -0.1) is 0 Å². The SMILES string of the molecule is [Be+2].[Be+2].[Ca+2].[F-].[K+].[O-]B([O-])[O-].[O-]B([O-])[O-]. The summed E-state index contributed by atoms with van der Waals surface area (Å²) in [5, 5.41) is 50.5. The fourth-order valence-electron chi connectivity index (χ4n) is 0. The second-order valence-electron chi connectivity index (χ2n) is 0.577. The zero-order valence-electron chi connectivity index (χ0n) is 7.10. The average molecular weight is 234 g/mol. The molecule has 6 nitrogen and oxygen atoms in total. The van der Waals surface area contributed by atoms with Crippen molar-refractivity contribution >= 4 is 72.6 Å². The van der Waals surface area contributed by atoms with Crippen LogP contribution in [-0.4, -0.2) is 72.6 Å². The molecule has 0 aliphatic heterocycles. The van der Waals surface area contributed by atoms with E-state index in [4.69, 9.17) is 30.1 Å². The van der Waals surface area contributed by atoms with Gasteiger partial charge in [0.15, 0.2) is 0 Å². The monoisotopic (exact) mass is 234 g/mol. The van der Waals surface area contributed by atoms with Crippen molar-refractivity contribution in [2.24, 2.45) is 0 Å². The second-order valence-corrected chi connectivity index (χ2v) is 0.577. The summed E-state index contributed by atoms with van der Waals surface area (Å²) < 4.78 is 0. The molecule has 0 spiro atoms. The predicted octanol–water partition coefficient (Wildman–Crippen LogP) is -15.0. The first kappa shape index (κ1) is 44.4. The molecular weight excluding hydrogens is 234 g/mol. The predicted molar refractivity (Wildman–Crippen MR) is 28.8 cm³/mol. The molecule has 0 aromatic carbocycles. The standard InChI is InChI=1S/2BO3.2Be.Ca.FH.K/c2*2-1(3)4;;;;;/h;;;;;1H;/q2*-3;3*+2;;+1/p-1. The van der Waals surface area contributed by atoms with Crippen molar-refractivity contribution in [1.82, 2.24) is 0 Å². The van der Waals surface area contributed by atoms with Crippen molar-refractivity contribution in [2.45, 2.75) is 0 Å². The van der Waals surface area contributed by atoms with Crippen LogP contribution in [0.15, 0.2) is 0 Å². The van der Waals surface area contributed by atoms with Crippen molar-refractivity contribution in [3.63, 3.8) is 0 Å². The quantitative estimate of drug-likeness (QED) is 0.381. The summed E-state index contributed by atoms with van der Waals surface area (Å²) >= 11 is 0. The summed E-state index contributed by atoms with van der Waals surface area (Å²) in [5.41, 5.74) is 0. The van der Waals surface area contributed by atoms with E-state index in [2.05, 4.69) is 0 Å². The van der Waals surface area contributed by atoms with Gasteiger partial charge in [-0.05, 0) is 0 Å². The van der Waals surface area contributed by atoms with E-state index in [0.717, 1.165) is 0 Å². The van der Waals surface area contributed by atoms with E-state index in [-0.39, 0.29) is 114 Å². The molecule has 0 aromatic rings. The van der Waals surface area contributed by atoms with Gasteiger partial charge in [0.05, 0.1) is 0 Å². The molecule has 0 N–H and O–H groups in total. The third-order valence-corrected chi connectivity index (χ3v) is 0. The van der Waals surface area contributed by atoms with Gasteiger partial charge in [-0.25, -0.2) is 0 Å². The Kier molecular flexibility index (Phi) is 124. The molecule has 13 heavy (non-hydrogen) atoms. The van der Waals surface area contributed by atoms with Crippen LogP contribution in [0.2, 0.25) is 0 Å². The molecule has 56 valence electrons. The van der Waals surface area contributed by atoms with Crippen LogP contribution in [0.4, 0.5) is 0 Å². The maximum absolute atomic E-state index is 8.42.